The lowest BCUT2D eigenvalue weighted by molar-refractivity contribution is -0.131. The van der Waals surface area contributed by atoms with E-state index in [1.54, 1.807) is 30.7 Å². The summed E-state index contributed by atoms with van der Waals surface area (Å²) in [5, 5.41) is 0. The summed E-state index contributed by atoms with van der Waals surface area (Å²) in [6.45, 7) is 0.383. The zero-order chi connectivity index (χ0) is 18.8. The van der Waals surface area contributed by atoms with Gasteiger partial charge in [-0.25, -0.2) is 4.79 Å². The van der Waals surface area contributed by atoms with Gasteiger partial charge in [0.15, 0.2) is 0 Å². The number of amides is 1. The average molecular weight is 418 g/mol. The van der Waals surface area contributed by atoms with E-state index in [4.69, 9.17) is 4.74 Å². The van der Waals surface area contributed by atoms with Crippen LogP contribution in [0.1, 0.15) is 5.56 Å². The Labute approximate surface area is 159 Å². The number of rotatable bonds is 5. The molecule has 0 aliphatic carbocycles. The van der Waals surface area contributed by atoms with Crippen LogP contribution in [0.4, 0.5) is 0 Å². The smallest absolute Gasteiger partial charge is 0.329 e. The second-order valence-corrected chi connectivity index (χ2v) is 7.04. The first-order valence-electron chi connectivity index (χ1n) is 8.13. The van der Waals surface area contributed by atoms with Gasteiger partial charge in [-0.3, -0.25) is 13.9 Å². The van der Waals surface area contributed by atoms with Crippen LogP contribution in [0.5, 0.6) is 5.75 Å². The van der Waals surface area contributed by atoms with Crippen LogP contribution in [0, 0.1) is 0 Å². The van der Waals surface area contributed by atoms with Crippen LogP contribution in [0.25, 0.3) is 11.0 Å². The van der Waals surface area contributed by atoms with Gasteiger partial charge in [0, 0.05) is 30.7 Å². The van der Waals surface area contributed by atoms with Crippen LogP contribution >= 0.6 is 15.9 Å². The molecule has 0 radical (unpaired) electrons. The molecule has 0 saturated heterocycles. The number of likely N-dealkylation sites (N-methyl/N-ethyl adjacent to an activating group) is 1. The van der Waals surface area contributed by atoms with Crippen molar-refractivity contribution in [3.8, 4) is 5.75 Å². The van der Waals surface area contributed by atoms with Crippen LogP contribution in [0.3, 0.4) is 0 Å². The Bertz CT molecular complexity index is 1020. The molecule has 0 bridgehead atoms. The number of para-hydroxylation sites is 2. The highest BCUT2D eigenvalue weighted by molar-refractivity contribution is 9.10. The molecular formula is C19H20BrN3O3. The molecule has 1 aromatic heterocycles. The van der Waals surface area contributed by atoms with E-state index in [-0.39, 0.29) is 18.1 Å². The minimum atomic E-state index is -0.201. The first kappa shape index (κ1) is 18.3. The largest absolute Gasteiger partial charge is 0.496 e. The number of hydrogen-bond donors (Lipinski definition) is 0. The molecule has 0 aliphatic rings. The first-order chi connectivity index (χ1) is 12.4. The Morgan fingerprint density at radius 2 is 1.88 bits per heavy atom. The van der Waals surface area contributed by atoms with Gasteiger partial charge in [0.05, 0.1) is 18.1 Å². The quantitative estimate of drug-likeness (QED) is 0.641. The Morgan fingerprint density at radius 1 is 1.19 bits per heavy atom. The van der Waals surface area contributed by atoms with Crippen molar-refractivity contribution in [2.45, 2.75) is 13.1 Å². The molecule has 26 heavy (non-hydrogen) atoms. The number of benzene rings is 2. The summed E-state index contributed by atoms with van der Waals surface area (Å²) in [5.41, 5.74) is 2.25. The number of nitrogens with zero attached hydrogens (tertiary/aromatic N) is 3. The minimum absolute atomic E-state index is 0.00694. The lowest BCUT2D eigenvalue weighted by Gasteiger charge is -2.19. The molecule has 0 fully saturated rings. The SMILES string of the molecule is COc1ccc(Br)cc1CN(C)C(=O)Cn1c(=O)n(C)c2ccccc21. The number of carbonyl (C=O) groups is 1. The average Bonchev–Trinajstić information content (AvgIpc) is 2.87. The van der Waals surface area contributed by atoms with E-state index in [9.17, 15) is 9.59 Å². The molecule has 0 atom stereocenters. The summed E-state index contributed by atoms with van der Waals surface area (Å²) in [4.78, 5) is 26.8. The van der Waals surface area contributed by atoms with Crippen molar-refractivity contribution in [1.29, 1.82) is 0 Å². The fourth-order valence-corrected chi connectivity index (χ4v) is 3.39. The molecule has 0 aliphatic heterocycles. The van der Waals surface area contributed by atoms with Gasteiger partial charge in [-0.2, -0.15) is 0 Å². The zero-order valence-corrected chi connectivity index (χ0v) is 16.5. The van der Waals surface area contributed by atoms with Crippen molar-refractivity contribution < 1.29 is 9.53 Å². The summed E-state index contributed by atoms with van der Waals surface area (Å²) in [5.74, 6) is 0.570. The van der Waals surface area contributed by atoms with Gasteiger partial charge in [-0.1, -0.05) is 28.1 Å². The number of aryl methyl sites for hydroxylation is 1. The number of carbonyl (C=O) groups excluding carboxylic acids is 1. The summed E-state index contributed by atoms with van der Waals surface area (Å²) in [7, 11) is 5.03. The number of hydrogen-bond acceptors (Lipinski definition) is 3. The van der Waals surface area contributed by atoms with Crippen LogP contribution in [-0.4, -0.2) is 34.1 Å². The summed E-state index contributed by atoms with van der Waals surface area (Å²) in [6.07, 6.45) is 0. The van der Waals surface area contributed by atoms with Crippen LogP contribution in [0.2, 0.25) is 0 Å². The topological polar surface area (TPSA) is 56.5 Å². The summed E-state index contributed by atoms with van der Waals surface area (Å²) in [6, 6.07) is 13.1. The molecule has 1 amide bonds. The van der Waals surface area contributed by atoms with Crippen molar-refractivity contribution in [3.05, 3.63) is 63.0 Å². The molecule has 0 unspecified atom stereocenters. The third kappa shape index (κ3) is 3.39. The maximum Gasteiger partial charge on any atom is 0.329 e. The Kier molecular flexibility index (Phi) is 5.18. The monoisotopic (exact) mass is 417 g/mol. The highest BCUT2D eigenvalue weighted by Gasteiger charge is 2.17. The lowest BCUT2D eigenvalue weighted by Crippen LogP contribution is -2.34. The van der Waals surface area contributed by atoms with Crippen LogP contribution < -0.4 is 10.4 Å². The van der Waals surface area contributed by atoms with Gasteiger partial charge in [0.25, 0.3) is 0 Å². The fraction of sp³-hybridized carbons (Fsp3) is 0.263. The number of halogens is 1. The molecule has 0 spiro atoms. The number of aromatic nitrogens is 2. The third-order valence-electron chi connectivity index (χ3n) is 4.42. The maximum absolute atomic E-state index is 12.7. The molecular weight excluding hydrogens is 398 g/mol. The zero-order valence-electron chi connectivity index (χ0n) is 14.9. The molecule has 3 aromatic rings. The number of ether oxygens (including phenoxy) is 1. The Morgan fingerprint density at radius 3 is 2.58 bits per heavy atom. The number of methoxy groups -OCH3 is 1. The highest BCUT2D eigenvalue weighted by atomic mass is 79.9. The third-order valence-corrected chi connectivity index (χ3v) is 4.91. The second kappa shape index (κ2) is 7.37. The van der Waals surface area contributed by atoms with E-state index in [0.29, 0.717) is 6.54 Å². The van der Waals surface area contributed by atoms with E-state index < -0.39 is 0 Å². The van der Waals surface area contributed by atoms with E-state index >= 15 is 0 Å². The number of imidazole rings is 1. The van der Waals surface area contributed by atoms with E-state index in [0.717, 1.165) is 26.8 Å². The van der Waals surface area contributed by atoms with Gasteiger partial charge in [-0.05, 0) is 30.3 Å². The molecule has 3 rings (SSSR count). The molecule has 7 heteroatoms. The highest BCUT2D eigenvalue weighted by Crippen LogP contribution is 2.24. The van der Waals surface area contributed by atoms with Crippen molar-refractivity contribution in [2.75, 3.05) is 14.2 Å². The Balaban J connectivity index is 1.84. The van der Waals surface area contributed by atoms with Crippen molar-refractivity contribution in [1.82, 2.24) is 14.0 Å². The van der Waals surface area contributed by atoms with Gasteiger partial charge in [0.2, 0.25) is 5.91 Å². The predicted octanol–water partition coefficient (Wildman–Crippen LogP) is 2.77. The molecule has 0 N–H and O–H groups in total. The standard InChI is InChI=1S/C19H20BrN3O3/c1-21(11-13-10-14(20)8-9-17(13)26-3)18(24)12-23-16-7-5-4-6-15(16)22(2)19(23)25/h4-10H,11-12H2,1-3H3. The van der Waals surface area contributed by atoms with Gasteiger partial charge in [-0.15, -0.1) is 0 Å². The first-order valence-corrected chi connectivity index (χ1v) is 8.92. The number of fused-ring (bicyclic) bond motifs is 1. The molecule has 1 heterocycles. The normalized spacial score (nSPS) is 10.9. The molecule has 0 saturated carbocycles. The molecule has 136 valence electrons. The van der Waals surface area contributed by atoms with E-state index in [1.807, 2.05) is 42.5 Å². The molecule has 2 aromatic carbocycles. The molecule has 6 nitrogen and oxygen atoms in total. The van der Waals surface area contributed by atoms with Crippen LogP contribution in [-0.2, 0) is 24.9 Å². The van der Waals surface area contributed by atoms with Crippen molar-refractivity contribution in [3.63, 3.8) is 0 Å². The van der Waals surface area contributed by atoms with Gasteiger partial charge in [0.1, 0.15) is 12.3 Å². The van der Waals surface area contributed by atoms with Crippen LogP contribution in [0.15, 0.2) is 51.7 Å². The summed E-state index contributed by atoms with van der Waals surface area (Å²) >= 11 is 3.44. The van der Waals surface area contributed by atoms with Crippen molar-refractivity contribution >= 4 is 32.9 Å². The minimum Gasteiger partial charge on any atom is -0.496 e. The second-order valence-electron chi connectivity index (χ2n) is 6.12. The fourth-order valence-electron chi connectivity index (χ4n) is 2.99. The maximum atomic E-state index is 12.7. The lowest BCUT2D eigenvalue weighted by atomic mass is 10.2. The van der Waals surface area contributed by atoms with Crippen molar-refractivity contribution in [2.24, 2.45) is 7.05 Å². The van der Waals surface area contributed by atoms with Gasteiger partial charge >= 0.3 is 5.69 Å². The van der Waals surface area contributed by atoms with Gasteiger partial charge < -0.3 is 9.64 Å². The summed E-state index contributed by atoms with van der Waals surface area (Å²) < 4.78 is 9.34. The Hall–Kier alpha value is -2.54. The predicted molar refractivity (Wildman–Crippen MR) is 104 cm³/mol. The van der Waals surface area contributed by atoms with E-state index in [1.165, 1.54) is 4.57 Å². The van der Waals surface area contributed by atoms with E-state index in [2.05, 4.69) is 15.9 Å².